The predicted octanol–water partition coefficient (Wildman–Crippen LogP) is -1.17. The largest absolute Gasteiger partial charge is 0.480 e. The lowest BCUT2D eigenvalue weighted by Crippen LogP contribution is -2.57. The molecule has 1 aliphatic rings. The Balaban J connectivity index is 1.68. The summed E-state index contributed by atoms with van der Waals surface area (Å²) in [7, 11) is 0. The number of benzene rings is 1. The van der Waals surface area contributed by atoms with Crippen molar-refractivity contribution in [3.05, 3.63) is 54.1 Å². The number of nitrogens with zero attached hydrogens (tertiary/aromatic N) is 2. The average Bonchev–Trinajstić information content (AvgIpc) is 3.58. The Labute approximate surface area is 219 Å². The Morgan fingerprint density at radius 1 is 1.11 bits per heavy atom. The van der Waals surface area contributed by atoms with Gasteiger partial charge < -0.3 is 37.1 Å². The molecule has 3 rings (SSSR count). The summed E-state index contributed by atoms with van der Waals surface area (Å²) in [5, 5.41) is 14.7. The van der Waals surface area contributed by atoms with Crippen LogP contribution in [0.3, 0.4) is 0 Å². The molecular weight excluding hydrogens is 494 g/mol. The second-order valence-corrected chi connectivity index (χ2v) is 9.23. The predicted molar refractivity (Wildman–Crippen MR) is 135 cm³/mol. The van der Waals surface area contributed by atoms with Gasteiger partial charge in [0.05, 0.1) is 12.4 Å². The van der Waals surface area contributed by atoms with Crippen molar-refractivity contribution in [2.24, 2.45) is 11.5 Å². The first-order chi connectivity index (χ1) is 18.2. The van der Waals surface area contributed by atoms with Crippen LogP contribution in [0.1, 0.15) is 36.9 Å². The number of aromatic amines is 1. The molecule has 0 radical (unpaired) electrons. The number of aromatic nitrogens is 2. The summed E-state index contributed by atoms with van der Waals surface area (Å²) < 4.78 is 0. The van der Waals surface area contributed by atoms with Crippen LogP contribution in [0.4, 0.5) is 0 Å². The number of H-pyrrole nitrogens is 1. The number of rotatable bonds is 13. The fourth-order valence-electron chi connectivity index (χ4n) is 4.37. The average molecular weight is 528 g/mol. The third-order valence-corrected chi connectivity index (χ3v) is 6.36. The normalized spacial score (nSPS) is 17.3. The maximum Gasteiger partial charge on any atom is 0.326 e. The minimum Gasteiger partial charge on any atom is -0.480 e. The van der Waals surface area contributed by atoms with Crippen LogP contribution < -0.4 is 22.1 Å². The van der Waals surface area contributed by atoms with Crippen LogP contribution in [-0.2, 0) is 36.8 Å². The Bertz CT molecular complexity index is 1120. The van der Waals surface area contributed by atoms with Crippen molar-refractivity contribution in [2.45, 2.75) is 62.7 Å². The van der Waals surface area contributed by atoms with E-state index in [2.05, 4.69) is 20.6 Å². The molecule has 38 heavy (non-hydrogen) atoms. The molecule has 4 unspecified atom stereocenters. The molecule has 1 aliphatic heterocycles. The third-order valence-electron chi connectivity index (χ3n) is 6.36. The van der Waals surface area contributed by atoms with Gasteiger partial charge in [-0.1, -0.05) is 30.3 Å². The Morgan fingerprint density at radius 3 is 2.47 bits per heavy atom. The number of aliphatic carboxylic acids is 1. The summed E-state index contributed by atoms with van der Waals surface area (Å²) in [4.78, 5) is 70.5. The van der Waals surface area contributed by atoms with Crippen molar-refractivity contribution in [2.75, 3.05) is 6.54 Å². The number of carbonyl (C=O) groups excluding carboxylic acids is 4. The number of carbonyl (C=O) groups is 5. The van der Waals surface area contributed by atoms with Crippen molar-refractivity contribution in [1.82, 2.24) is 25.5 Å². The van der Waals surface area contributed by atoms with Crippen LogP contribution >= 0.6 is 0 Å². The van der Waals surface area contributed by atoms with E-state index in [0.29, 0.717) is 18.5 Å². The molecule has 8 N–H and O–H groups in total. The van der Waals surface area contributed by atoms with Crippen LogP contribution in [0.15, 0.2) is 42.9 Å². The molecule has 1 fully saturated rings. The molecule has 4 amide bonds. The van der Waals surface area contributed by atoms with Crippen molar-refractivity contribution in [3.63, 3.8) is 0 Å². The van der Waals surface area contributed by atoms with Gasteiger partial charge in [0.15, 0.2) is 0 Å². The van der Waals surface area contributed by atoms with Gasteiger partial charge in [0.25, 0.3) is 0 Å². The standard InChI is InChI=1S/C25H33N7O6/c26-17(11-15-5-2-1-3-6-15)22(34)30-18(8-9-21(27)33)24(36)32-10-4-7-20(32)23(35)31-19(25(37)38)12-16-13-28-14-29-16/h1-3,5-6,13-14,17-20H,4,7-12,26H2,(H2,27,33)(H,28,29)(H,30,34)(H,31,35)(H,37,38). The summed E-state index contributed by atoms with van der Waals surface area (Å²) in [6.45, 7) is 0.230. The topological polar surface area (TPSA) is 214 Å². The highest BCUT2D eigenvalue weighted by Gasteiger charge is 2.39. The third kappa shape index (κ3) is 7.87. The molecule has 1 saturated heterocycles. The maximum atomic E-state index is 13.5. The van der Waals surface area contributed by atoms with Gasteiger partial charge in [-0.25, -0.2) is 9.78 Å². The Kier molecular flexibility index (Phi) is 9.93. The van der Waals surface area contributed by atoms with Crippen LogP contribution in [0.25, 0.3) is 0 Å². The zero-order chi connectivity index (χ0) is 27.7. The summed E-state index contributed by atoms with van der Waals surface area (Å²) >= 11 is 0. The molecule has 13 nitrogen and oxygen atoms in total. The first-order valence-corrected chi connectivity index (χ1v) is 12.3. The number of amides is 4. The SMILES string of the molecule is NC(=O)CCC(NC(=O)C(N)Cc1ccccc1)C(=O)N1CCCC1C(=O)NC(Cc1cnc[nH]1)C(=O)O. The van der Waals surface area contributed by atoms with E-state index in [4.69, 9.17) is 11.5 Å². The number of nitrogens with two attached hydrogens (primary N) is 2. The molecule has 4 atom stereocenters. The zero-order valence-electron chi connectivity index (χ0n) is 20.8. The second kappa shape index (κ2) is 13.3. The van der Waals surface area contributed by atoms with Gasteiger partial charge in [-0.15, -0.1) is 0 Å². The number of hydrogen-bond donors (Lipinski definition) is 6. The van der Waals surface area contributed by atoms with Gasteiger partial charge in [-0.2, -0.15) is 0 Å². The lowest BCUT2D eigenvalue weighted by molar-refractivity contribution is -0.145. The van der Waals surface area contributed by atoms with Crippen LogP contribution in [0, 0.1) is 0 Å². The summed E-state index contributed by atoms with van der Waals surface area (Å²) in [6, 6.07) is 4.89. The van der Waals surface area contributed by atoms with E-state index < -0.39 is 53.8 Å². The maximum absolute atomic E-state index is 13.5. The Morgan fingerprint density at radius 2 is 1.84 bits per heavy atom. The first-order valence-electron chi connectivity index (χ1n) is 12.3. The monoisotopic (exact) mass is 527 g/mol. The van der Waals surface area contributed by atoms with E-state index in [9.17, 15) is 29.1 Å². The van der Waals surface area contributed by atoms with Gasteiger partial charge in [0, 0.05) is 31.3 Å². The second-order valence-electron chi connectivity index (χ2n) is 9.23. The van der Waals surface area contributed by atoms with Gasteiger partial charge in [-0.3, -0.25) is 19.2 Å². The van der Waals surface area contributed by atoms with Crippen LogP contribution in [-0.4, -0.2) is 80.3 Å². The molecule has 0 aliphatic carbocycles. The summed E-state index contributed by atoms with van der Waals surface area (Å²) in [6.07, 6.45) is 3.68. The molecule has 204 valence electrons. The van der Waals surface area contributed by atoms with Gasteiger partial charge in [0.1, 0.15) is 18.1 Å². The van der Waals surface area contributed by atoms with Crippen LogP contribution in [0.5, 0.6) is 0 Å². The number of nitrogens with one attached hydrogen (secondary N) is 3. The Hall–Kier alpha value is -4.26. The number of carboxylic acids is 1. The highest BCUT2D eigenvalue weighted by Crippen LogP contribution is 2.20. The molecule has 2 heterocycles. The van der Waals surface area contributed by atoms with E-state index >= 15 is 0 Å². The number of carboxylic acid groups (broad SMARTS) is 1. The lowest BCUT2D eigenvalue weighted by atomic mass is 10.0. The van der Waals surface area contributed by atoms with E-state index in [1.807, 2.05) is 30.3 Å². The molecule has 0 spiro atoms. The molecule has 1 aromatic carbocycles. The quantitative estimate of drug-likeness (QED) is 0.186. The smallest absolute Gasteiger partial charge is 0.326 e. The van der Waals surface area contributed by atoms with Gasteiger partial charge >= 0.3 is 5.97 Å². The van der Waals surface area contributed by atoms with Crippen molar-refractivity contribution in [1.29, 1.82) is 0 Å². The molecular formula is C25H33N7O6. The molecule has 1 aromatic heterocycles. The zero-order valence-corrected chi connectivity index (χ0v) is 20.8. The number of primary amides is 1. The van der Waals surface area contributed by atoms with E-state index in [-0.39, 0.29) is 32.2 Å². The minimum atomic E-state index is -1.23. The minimum absolute atomic E-state index is 0.0155. The molecule has 0 saturated carbocycles. The first kappa shape index (κ1) is 28.3. The van der Waals surface area contributed by atoms with E-state index in [0.717, 1.165) is 5.56 Å². The fraction of sp³-hybridized carbons (Fsp3) is 0.440. The number of likely N-dealkylation sites (tertiary alicyclic amines) is 1. The van der Waals surface area contributed by atoms with E-state index in [1.54, 1.807) is 0 Å². The van der Waals surface area contributed by atoms with Crippen molar-refractivity contribution >= 4 is 29.6 Å². The van der Waals surface area contributed by atoms with E-state index in [1.165, 1.54) is 17.4 Å². The summed E-state index contributed by atoms with van der Waals surface area (Å²) in [5.74, 6) is -3.65. The fourth-order valence-corrected chi connectivity index (χ4v) is 4.37. The molecule has 13 heteroatoms. The molecule has 0 bridgehead atoms. The lowest BCUT2D eigenvalue weighted by Gasteiger charge is -2.30. The van der Waals surface area contributed by atoms with Crippen molar-refractivity contribution < 1.29 is 29.1 Å². The van der Waals surface area contributed by atoms with Gasteiger partial charge in [-0.05, 0) is 31.2 Å². The number of imidazole rings is 1. The highest BCUT2D eigenvalue weighted by atomic mass is 16.4. The highest BCUT2D eigenvalue weighted by molar-refractivity contribution is 5.94. The van der Waals surface area contributed by atoms with Crippen molar-refractivity contribution in [3.8, 4) is 0 Å². The van der Waals surface area contributed by atoms with Gasteiger partial charge in [0.2, 0.25) is 23.6 Å². The number of hydrogen-bond acceptors (Lipinski definition) is 7. The van der Waals surface area contributed by atoms with Crippen LogP contribution in [0.2, 0.25) is 0 Å². The summed E-state index contributed by atoms with van der Waals surface area (Å²) in [5.41, 5.74) is 12.7. The molecule has 2 aromatic rings.